The molecular weight excluding hydrogens is 258 g/mol. The van der Waals surface area contributed by atoms with Gasteiger partial charge in [-0.05, 0) is 24.1 Å². The molecule has 1 atom stereocenters. The van der Waals surface area contributed by atoms with Crippen molar-refractivity contribution in [3.63, 3.8) is 0 Å². The molecule has 6 heteroatoms. The molecular formula is C14H15N3O3. The minimum absolute atomic E-state index is 0.0759. The molecule has 2 aromatic heterocycles. The number of H-pyrrole nitrogens is 1. The van der Waals surface area contributed by atoms with Gasteiger partial charge in [0.15, 0.2) is 0 Å². The predicted octanol–water partition coefficient (Wildman–Crippen LogP) is 1.04. The first-order chi connectivity index (χ1) is 9.63. The second-order valence-corrected chi connectivity index (χ2v) is 5.09. The molecule has 3 rings (SSSR count). The molecule has 1 aliphatic heterocycles. The highest BCUT2D eigenvalue weighted by atomic mass is 16.4. The van der Waals surface area contributed by atoms with Gasteiger partial charge in [0, 0.05) is 37.3 Å². The molecule has 1 unspecified atom stereocenters. The minimum atomic E-state index is -0.892. The van der Waals surface area contributed by atoms with Gasteiger partial charge < -0.3 is 15.0 Å². The molecule has 20 heavy (non-hydrogen) atoms. The Labute approximate surface area is 115 Å². The third kappa shape index (κ3) is 2.36. The van der Waals surface area contributed by atoms with E-state index in [1.807, 2.05) is 18.3 Å². The van der Waals surface area contributed by atoms with Crippen LogP contribution in [0.15, 0.2) is 24.5 Å². The molecule has 0 saturated carbocycles. The van der Waals surface area contributed by atoms with Crippen LogP contribution >= 0.6 is 0 Å². The molecule has 1 aliphatic rings. The Bertz CT molecular complexity index is 664. The van der Waals surface area contributed by atoms with Crippen molar-refractivity contribution in [3.05, 3.63) is 30.1 Å². The first-order valence-corrected chi connectivity index (χ1v) is 6.56. The normalized spacial score (nSPS) is 18.9. The van der Waals surface area contributed by atoms with Crippen LogP contribution in [0.3, 0.4) is 0 Å². The van der Waals surface area contributed by atoms with Crippen LogP contribution < -0.4 is 0 Å². The molecule has 1 saturated heterocycles. The molecule has 1 fully saturated rings. The fourth-order valence-electron chi connectivity index (χ4n) is 2.54. The number of carboxylic acid groups (broad SMARTS) is 1. The van der Waals surface area contributed by atoms with Crippen LogP contribution in [0, 0.1) is 5.92 Å². The summed E-state index contributed by atoms with van der Waals surface area (Å²) < 4.78 is 0. The van der Waals surface area contributed by atoms with E-state index >= 15 is 0 Å². The molecule has 0 aromatic carbocycles. The Morgan fingerprint density at radius 3 is 3.15 bits per heavy atom. The van der Waals surface area contributed by atoms with Crippen LogP contribution in [0.1, 0.15) is 12.0 Å². The van der Waals surface area contributed by atoms with Crippen molar-refractivity contribution in [1.82, 2.24) is 14.9 Å². The second kappa shape index (κ2) is 4.96. The predicted molar refractivity (Wildman–Crippen MR) is 72.1 cm³/mol. The number of carbonyl (C=O) groups is 2. The molecule has 0 bridgehead atoms. The summed E-state index contributed by atoms with van der Waals surface area (Å²) in [5.74, 6) is -1.53. The SMILES string of the molecule is O=C(O)C1CC(=O)N(CCc2cnc3[nH]ccc3c2)C1. The van der Waals surface area contributed by atoms with Crippen molar-refractivity contribution in [1.29, 1.82) is 0 Å². The zero-order valence-electron chi connectivity index (χ0n) is 10.9. The van der Waals surface area contributed by atoms with Gasteiger partial charge in [0.25, 0.3) is 0 Å². The number of amides is 1. The Morgan fingerprint density at radius 2 is 2.40 bits per heavy atom. The summed E-state index contributed by atoms with van der Waals surface area (Å²) in [5, 5.41) is 9.98. The third-order valence-electron chi connectivity index (χ3n) is 3.69. The quantitative estimate of drug-likeness (QED) is 0.871. The van der Waals surface area contributed by atoms with Gasteiger partial charge in [-0.2, -0.15) is 0 Å². The number of rotatable bonds is 4. The van der Waals surface area contributed by atoms with Crippen molar-refractivity contribution in [3.8, 4) is 0 Å². The number of nitrogens with one attached hydrogen (secondary N) is 1. The molecule has 0 aliphatic carbocycles. The van der Waals surface area contributed by atoms with Crippen LogP contribution in [0.25, 0.3) is 11.0 Å². The van der Waals surface area contributed by atoms with Gasteiger partial charge in [-0.3, -0.25) is 9.59 Å². The fraction of sp³-hybridized carbons (Fsp3) is 0.357. The van der Waals surface area contributed by atoms with Gasteiger partial charge in [-0.15, -0.1) is 0 Å². The number of hydrogen-bond donors (Lipinski definition) is 2. The zero-order valence-corrected chi connectivity index (χ0v) is 10.9. The van der Waals surface area contributed by atoms with Crippen molar-refractivity contribution >= 4 is 22.9 Å². The Balaban J connectivity index is 1.64. The molecule has 3 heterocycles. The number of aromatic nitrogens is 2. The van der Waals surface area contributed by atoms with E-state index in [9.17, 15) is 9.59 Å². The van der Waals surface area contributed by atoms with E-state index in [4.69, 9.17) is 5.11 Å². The van der Waals surface area contributed by atoms with E-state index in [1.54, 1.807) is 11.1 Å². The lowest BCUT2D eigenvalue weighted by atomic mass is 10.1. The van der Waals surface area contributed by atoms with Crippen LogP contribution in [0.4, 0.5) is 0 Å². The second-order valence-electron chi connectivity index (χ2n) is 5.09. The topological polar surface area (TPSA) is 86.3 Å². The summed E-state index contributed by atoms with van der Waals surface area (Å²) in [4.78, 5) is 31.6. The summed E-state index contributed by atoms with van der Waals surface area (Å²) in [6.45, 7) is 0.855. The molecule has 1 amide bonds. The lowest BCUT2D eigenvalue weighted by molar-refractivity contribution is -0.141. The minimum Gasteiger partial charge on any atom is -0.481 e. The van der Waals surface area contributed by atoms with Crippen LogP contribution in [0.5, 0.6) is 0 Å². The number of carbonyl (C=O) groups excluding carboxylic acids is 1. The van der Waals surface area contributed by atoms with Crippen LogP contribution in [-0.2, 0) is 16.0 Å². The Kier molecular flexibility index (Phi) is 3.14. The van der Waals surface area contributed by atoms with Gasteiger partial charge in [-0.1, -0.05) is 0 Å². The third-order valence-corrected chi connectivity index (χ3v) is 3.69. The van der Waals surface area contributed by atoms with E-state index in [0.717, 1.165) is 16.6 Å². The number of carboxylic acids is 1. The van der Waals surface area contributed by atoms with E-state index in [-0.39, 0.29) is 12.3 Å². The average molecular weight is 273 g/mol. The Morgan fingerprint density at radius 1 is 1.55 bits per heavy atom. The largest absolute Gasteiger partial charge is 0.481 e. The summed E-state index contributed by atoms with van der Waals surface area (Å²) in [5.41, 5.74) is 1.89. The van der Waals surface area contributed by atoms with E-state index in [0.29, 0.717) is 19.5 Å². The van der Waals surface area contributed by atoms with Crippen molar-refractivity contribution in [2.75, 3.05) is 13.1 Å². The zero-order chi connectivity index (χ0) is 14.1. The molecule has 2 N–H and O–H groups in total. The summed E-state index contributed by atoms with van der Waals surface area (Å²) in [6.07, 6.45) is 4.42. The number of pyridine rings is 1. The highest BCUT2D eigenvalue weighted by Crippen LogP contribution is 2.19. The maximum atomic E-state index is 11.7. The number of fused-ring (bicyclic) bond motifs is 1. The van der Waals surface area contributed by atoms with Gasteiger partial charge in [0.1, 0.15) is 5.65 Å². The van der Waals surface area contributed by atoms with Crippen LogP contribution in [0.2, 0.25) is 0 Å². The van der Waals surface area contributed by atoms with Crippen molar-refractivity contribution in [2.24, 2.45) is 5.92 Å². The lowest BCUT2D eigenvalue weighted by Gasteiger charge is -2.15. The monoisotopic (exact) mass is 273 g/mol. The van der Waals surface area contributed by atoms with Gasteiger partial charge in [-0.25, -0.2) is 4.98 Å². The highest BCUT2D eigenvalue weighted by Gasteiger charge is 2.33. The molecule has 104 valence electrons. The molecule has 0 spiro atoms. The maximum absolute atomic E-state index is 11.7. The standard InChI is InChI=1S/C14H15N3O3/c18-12-6-11(14(19)20)8-17(12)4-2-9-5-10-1-3-15-13(10)16-7-9/h1,3,5,7,11H,2,4,6,8H2,(H,15,16)(H,19,20). The maximum Gasteiger partial charge on any atom is 0.308 e. The average Bonchev–Trinajstić information content (AvgIpc) is 3.02. The van der Waals surface area contributed by atoms with E-state index in [2.05, 4.69) is 9.97 Å². The summed E-state index contributed by atoms with van der Waals surface area (Å²) >= 11 is 0. The fourth-order valence-corrected chi connectivity index (χ4v) is 2.54. The number of nitrogens with zero attached hydrogens (tertiary/aromatic N) is 2. The highest BCUT2D eigenvalue weighted by molar-refractivity contribution is 5.86. The smallest absolute Gasteiger partial charge is 0.308 e. The van der Waals surface area contributed by atoms with Gasteiger partial charge >= 0.3 is 5.97 Å². The summed E-state index contributed by atoms with van der Waals surface area (Å²) in [7, 11) is 0. The number of aliphatic carboxylic acids is 1. The van der Waals surface area contributed by atoms with E-state index in [1.165, 1.54) is 0 Å². The molecule has 0 radical (unpaired) electrons. The van der Waals surface area contributed by atoms with E-state index < -0.39 is 11.9 Å². The number of aromatic amines is 1. The summed E-state index contributed by atoms with van der Waals surface area (Å²) in [6, 6.07) is 3.99. The lowest BCUT2D eigenvalue weighted by Crippen LogP contribution is -2.28. The first kappa shape index (κ1) is 12.7. The molecule has 2 aromatic rings. The molecule has 6 nitrogen and oxygen atoms in total. The van der Waals surface area contributed by atoms with Gasteiger partial charge in [0.2, 0.25) is 5.91 Å². The first-order valence-electron chi connectivity index (χ1n) is 6.56. The van der Waals surface area contributed by atoms with Crippen LogP contribution in [-0.4, -0.2) is 44.9 Å². The number of hydrogen-bond acceptors (Lipinski definition) is 3. The van der Waals surface area contributed by atoms with Crippen molar-refractivity contribution < 1.29 is 14.7 Å². The van der Waals surface area contributed by atoms with Gasteiger partial charge in [0.05, 0.1) is 5.92 Å². The number of likely N-dealkylation sites (tertiary alicyclic amines) is 1. The Hall–Kier alpha value is -2.37. The van der Waals surface area contributed by atoms with Crippen molar-refractivity contribution in [2.45, 2.75) is 12.8 Å².